The standard InChI is InChI=1S/C12H14N4O/c1-3-9(8-13-5-1)7-11-15-12(16-17-11)10-4-2-6-14-10/h1,3,5,8,10,14H,2,4,6-7H2. The van der Waals surface area contributed by atoms with Gasteiger partial charge in [0, 0.05) is 12.4 Å². The van der Waals surface area contributed by atoms with Crippen LogP contribution < -0.4 is 5.32 Å². The molecular formula is C12H14N4O. The van der Waals surface area contributed by atoms with E-state index in [1.807, 2.05) is 18.3 Å². The molecule has 1 N–H and O–H groups in total. The third-order valence-electron chi connectivity index (χ3n) is 2.93. The first kappa shape index (κ1) is 10.4. The van der Waals surface area contributed by atoms with Crippen molar-refractivity contribution < 1.29 is 4.52 Å². The number of pyridine rings is 1. The van der Waals surface area contributed by atoms with E-state index in [0.29, 0.717) is 12.3 Å². The fourth-order valence-electron chi connectivity index (χ4n) is 2.06. The number of aromatic nitrogens is 3. The summed E-state index contributed by atoms with van der Waals surface area (Å²) >= 11 is 0. The van der Waals surface area contributed by atoms with Crippen molar-refractivity contribution in [3.63, 3.8) is 0 Å². The van der Waals surface area contributed by atoms with Crippen LogP contribution in [-0.4, -0.2) is 21.7 Å². The Morgan fingerprint density at radius 2 is 2.47 bits per heavy atom. The van der Waals surface area contributed by atoms with E-state index in [1.165, 1.54) is 6.42 Å². The van der Waals surface area contributed by atoms with Gasteiger partial charge in [-0.15, -0.1) is 0 Å². The van der Waals surface area contributed by atoms with Crippen molar-refractivity contribution in [3.8, 4) is 0 Å². The van der Waals surface area contributed by atoms with Gasteiger partial charge < -0.3 is 9.84 Å². The van der Waals surface area contributed by atoms with Crippen LogP contribution in [0, 0.1) is 0 Å². The highest BCUT2D eigenvalue weighted by Gasteiger charge is 2.21. The van der Waals surface area contributed by atoms with Gasteiger partial charge in [0.1, 0.15) is 0 Å². The van der Waals surface area contributed by atoms with Gasteiger partial charge in [-0.1, -0.05) is 11.2 Å². The highest BCUT2D eigenvalue weighted by Crippen LogP contribution is 2.20. The van der Waals surface area contributed by atoms with Crippen molar-refractivity contribution in [2.75, 3.05) is 6.54 Å². The van der Waals surface area contributed by atoms with Crippen molar-refractivity contribution >= 4 is 0 Å². The lowest BCUT2D eigenvalue weighted by molar-refractivity contribution is 0.373. The summed E-state index contributed by atoms with van der Waals surface area (Å²) in [7, 11) is 0. The Hall–Kier alpha value is -1.75. The van der Waals surface area contributed by atoms with E-state index in [9.17, 15) is 0 Å². The second-order valence-electron chi connectivity index (χ2n) is 4.23. The highest BCUT2D eigenvalue weighted by atomic mass is 16.5. The van der Waals surface area contributed by atoms with Gasteiger partial charge in [-0.3, -0.25) is 4.98 Å². The molecule has 1 saturated heterocycles. The average Bonchev–Trinajstić information content (AvgIpc) is 3.00. The lowest BCUT2D eigenvalue weighted by Gasteiger charge is -2.01. The number of rotatable bonds is 3. The lowest BCUT2D eigenvalue weighted by atomic mass is 10.2. The van der Waals surface area contributed by atoms with Gasteiger partial charge in [-0.2, -0.15) is 4.98 Å². The first-order valence-corrected chi connectivity index (χ1v) is 5.86. The van der Waals surface area contributed by atoms with Crippen LogP contribution in [0.4, 0.5) is 0 Å². The molecule has 17 heavy (non-hydrogen) atoms. The van der Waals surface area contributed by atoms with Crippen LogP contribution in [0.1, 0.15) is 36.2 Å². The molecule has 0 radical (unpaired) electrons. The number of hydrogen-bond donors (Lipinski definition) is 1. The molecule has 0 spiro atoms. The lowest BCUT2D eigenvalue weighted by Crippen LogP contribution is -2.14. The topological polar surface area (TPSA) is 63.8 Å². The summed E-state index contributed by atoms with van der Waals surface area (Å²) in [5.74, 6) is 1.43. The molecule has 0 aliphatic carbocycles. The van der Waals surface area contributed by atoms with E-state index >= 15 is 0 Å². The fourth-order valence-corrected chi connectivity index (χ4v) is 2.06. The Labute approximate surface area is 99.3 Å². The quantitative estimate of drug-likeness (QED) is 0.865. The zero-order chi connectivity index (χ0) is 11.5. The van der Waals surface area contributed by atoms with E-state index in [-0.39, 0.29) is 6.04 Å². The molecule has 0 saturated carbocycles. The maximum Gasteiger partial charge on any atom is 0.231 e. The largest absolute Gasteiger partial charge is 0.339 e. The van der Waals surface area contributed by atoms with Crippen LogP contribution in [0.25, 0.3) is 0 Å². The molecule has 2 aromatic rings. The Balaban J connectivity index is 1.72. The Morgan fingerprint density at radius 1 is 1.47 bits per heavy atom. The first-order chi connectivity index (χ1) is 8.42. The molecule has 1 fully saturated rings. The monoisotopic (exact) mass is 230 g/mol. The number of nitrogens with one attached hydrogen (secondary N) is 1. The van der Waals surface area contributed by atoms with Crippen LogP contribution in [0.15, 0.2) is 29.0 Å². The maximum atomic E-state index is 5.25. The van der Waals surface area contributed by atoms with Crippen LogP contribution >= 0.6 is 0 Å². The van der Waals surface area contributed by atoms with Crippen LogP contribution in [0.5, 0.6) is 0 Å². The molecule has 3 rings (SSSR count). The zero-order valence-corrected chi connectivity index (χ0v) is 9.47. The molecule has 0 bridgehead atoms. The predicted molar refractivity (Wildman–Crippen MR) is 61.3 cm³/mol. The van der Waals surface area contributed by atoms with Crippen molar-refractivity contribution in [1.82, 2.24) is 20.4 Å². The third-order valence-corrected chi connectivity index (χ3v) is 2.93. The van der Waals surface area contributed by atoms with Crippen LogP contribution in [-0.2, 0) is 6.42 Å². The molecule has 0 amide bonds. The second-order valence-corrected chi connectivity index (χ2v) is 4.23. The molecule has 1 aliphatic rings. The van der Waals surface area contributed by atoms with Gasteiger partial charge in [0.2, 0.25) is 5.89 Å². The summed E-state index contributed by atoms with van der Waals surface area (Å²) < 4.78 is 5.25. The minimum Gasteiger partial charge on any atom is -0.339 e. The summed E-state index contributed by atoms with van der Waals surface area (Å²) in [6.45, 7) is 1.04. The molecule has 5 heteroatoms. The normalized spacial score (nSPS) is 19.6. The fraction of sp³-hybridized carbons (Fsp3) is 0.417. The predicted octanol–water partition coefficient (Wildman–Crippen LogP) is 1.48. The van der Waals surface area contributed by atoms with Crippen LogP contribution in [0.2, 0.25) is 0 Å². The van der Waals surface area contributed by atoms with E-state index in [1.54, 1.807) is 6.20 Å². The molecule has 5 nitrogen and oxygen atoms in total. The Kier molecular flexibility index (Phi) is 2.83. The van der Waals surface area contributed by atoms with Gasteiger partial charge >= 0.3 is 0 Å². The molecule has 2 aromatic heterocycles. The first-order valence-electron chi connectivity index (χ1n) is 5.86. The van der Waals surface area contributed by atoms with E-state index in [2.05, 4.69) is 20.4 Å². The summed E-state index contributed by atoms with van der Waals surface area (Å²) in [6, 6.07) is 4.18. The van der Waals surface area contributed by atoms with Crippen molar-refractivity contribution in [3.05, 3.63) is 41.8 Å². The number of nitrogens with zero attached hydrogens (tertiary/aromatic N) is 3. The summed E-state index contributed by atoms with van der Waals surface area (Å²) in [4.78, 5) is 8.48. The van der Waals surface area contributed by atoms with Crippen molar-refractivity contribution in [2.24, 2.45) is 0 Å². The highest BCUT2D eigenvalue weighted by molar-refractivity contribution is 5.13. The molecule has 1 atom stereocenters. The van der Waals surface area contributed by atoms with Crippen molar-refractivity contribution in [1.29, 1.82) is 0 Å². The zero-order valence-electron chi connectivity index (χ0n) is 9.47. The SMILES string of the molecule is c1cncc(Cc2nc(C3CCCN3)no2)c1. The molecule has 1 unspecified atom stereocenters. The Morgan fingerprint density at radius 3 is 3.24 bits per heavy atom. The summed E-state index contributed by atoms with van der Waals surface area (Å²) in [5, 5.41) is 7.38. The second kappa shape index (κ2) is 4.63. The van der Waals surface area contributed by atoms with Gasteiger partial charge in [-0.05, 0) is 31.0 Å². The van der Waals surface area contributed by atoms with Gasteiger partial charge in [0.05, 0.1) is 12.5 Å². The average molecular weight is 230 g/mol. The molecule has 0 aromatic carbocycles. The minimum absolute atomic E-state index is 0.265. The third kappa shape index (κ3) is 2.34. The Bertz CT molecular complexity index is 476. The van der Waals surface area contributed by atoms with E-state index in [0.717, 1.165) is 24.4 Å². The van der Waals surface area contributed by atoms with E-state index < -0.39 is 0 Å². The molecule has 88 valence electrons. The smallest absolute Gasteiger partial charge is 0.231 e. The van der Waals surface area contributed by atoms with Crippen LogP contribution in [0.3, 0.4) is 0 Å². The summed E-state index contributed by atoms with van der Waals surface area (Å²) in [6.07, 6.45) is 6.49. The van der Waals surface area contributed by atoms with Crippen molar-refractivity contribution in [2.45, 2.75) is 25.3 Å². The minimum atomic E-state index is 0.265. The van der Waals surface area contributed by atoms with Gasteiger partial charge in [0.15, 0.2) is 5.82 Å². The number of hydrogen-bond acceptors (Lipinski definition) is 5. The maximum absolute atomic E-state index is 5.25. The molecule has 3 heterocycles. The van der Waals surface area contributed by atoms with Gasteiger partial charge in [-0.25, -0.2) is 0 Å². The van der Waals surface area contributed by atoms with Gasteiger partial charge in [0.25, 0.3) is 0 Å². The van der Waals surface area contributed by atoms with E-state index in [4.69, 9.17) is 4.52 Å². The summed E-state index contributed by atoms with van der Waals surface area (Å²) in [5.41, 5.74) is 1.09. The molecule has 1 aliphatic heterocycles. The molecular weight excluding hydrogens is 216 g/mol.